The number of aryl methyl sites for hydroxylation is 1. The second kappa shape index (κ2) is 8.58. The smallest absolute Gasteiger partial charge is 0.407 e. The minimum absolute atomic E-state index is 0.0699. The highest BCUT2D eigenvalue weighted by molar-refractivity contribution is 5.93. The first-order valence-corrected chi connectivity index (χ1v) is 10.9. The van der Waals surface area contributed by atoms with Gasteiger partial charge in [-0.25, -0.2) is 9.48 Å². The lowest BCUT2D eigenvalue weighted by Gasteiger charge is -2.23. The second-order valence-electron chi connectivity index (χ2n) is 7.95. The van der Waals surface area contributed by atoms with Gasteiger partial charge in [0.25, 0.3) is 0 Å². The van der Waals surface area contributed by atoms with E-state index in [0.717, 1.165) is 59.6 Å². The molecule has 9 heteroatoms. The standard InChI is InChI=1S/C22H27N5O4/c1-26-15-8-12-31-22(28)23-9-4-11-29-16-6-7-19-17(14-16)21(18(13-15)24-26)25-27(19)20-5-2-3-10-30-20/h6-7,13-14,20H,2-5,8-12H2,1H3,(H,23,28). The zero-order valence-electron chi connectivity index (χ0n) is 17.7. The maximum atomic E-state index is 11.8. The summed E-state index contributed by atoms with van der Waals surface area (Å²) in [5.74, 6) is 0.767. The Morgan fingerprint density at radius 3 is 2.87 bits per heavy atom. The van der Waals surface area contributed by atoms with Gasteiger partial charge in [-0.15, -0.1) is 0 Å². The van der Waals surface area contributed by atoms with Gasteiger partial charge in [0.1, 0.15) is 17.1 Å². The number of alkyl carbamates (subject to hydrolysis) is 1. The van der Waals surface area contributed by atoms with Crippen molar-refractivity contribution in [1.82, 2.24) is 24.9 Å². The molecule has 1 unspecified atom stereocenters. The monoisotopic (exact) mass is 425 g/mol. The molecule has 2 aliphatic heterocycles. The molecular formula is C22H27N5O4. The van der Waals surface area contributed by atoms with E-state index in [2.05, 4.69) is 5.32 Å². The van der Waals surface area contributed by atoms with Gasteiger partial charge in [0.2, 0.25) is 0 Å². The second-order valence-corrected chi connectivity index (χ2v) is 7.95. The summed E-state index contributed by atoms with van der Waals surface area (Å²) in [5.41, 5.74) is 3.57. The fraction of sp³-hybridized carbons (Fsp3) is 0.500. The molecular weight excluding hydrogens is 398 g/mol. The summed E-state index contributed by atoms with van der Waals surface area (Å²) >= 11 is 0. The summed E-state index contributed by atoms with van der Waals surface area (Å²) in [6.07, 6.45) is 3.95. The van der Waals surface area contributed by atoms with Crippen molar-refractivity contribution in [2.24, 2.45) is 7.05 Å². The molecule has 3 aromatic rings. The Kier molecular flexibility index (Phi) is 5.50. The Hall–Kier alpha value is -3.07. The number of aromatic nitrogens is 4. The molecule has 1 saturated heterocycles. The first kappa shape index (κ1) is 19.9. The third-order valence-corrected chi connectivity index (χ3v) is 5.78. The van der Waals surface area contributed by atoms with Crippen LogP contribution in [0, 0.1) is 0 Å². The van der Waals surface area contributed by atoms with Crippen LogP contribution in [-0.4, -0.2) is 52.0 Å². The quantitative estimate of drug-likeness (QED) is 0.644. The van der Waals surface area contributed by atoms with Crippen LogP contribution >= 0.6 is 0 Å². The number of rotatable bonds is 1. The van der Waals surface area contributed by atoms with E-state index in [-0.39, 0.29) is 12.8 Å². The number of hydrogen-bond donors (Lipinski definition) is 1. The van der Waals surface area contributed by atoms with Crippen molar-refractivity contribution in [3.63, 3.8) is 0 Å². The van der Waals surface area contributed by atoms with Crippen LogP contribution in [0.1, 0.15) is 37.6 Å². The molecule has 4 bridgehead atoms. The summed E-state index contributed by atoms with van der Waals surface area (Å²) in [7, 11) is 1.89. The fourth-order valence-electron chi connectivity index (χ4n) is 4.14. The van der Waals surface area contributed by atoms with Crippen molar-refractivity contribution in [2.75, 3.05) is 26.4 Å². The van der Waals surface area contributed by atoms with Gasteiger partial charge in [-0.3, -0.25) is 4.68 Å². The van der Waals surface area contributed by atoms with Crippen LogP contribution < -0.4 is 10.1 Å². The number of benzene rings is 1. The Morgan fingerprint density at radius 2 is 2.00 bits per heavy atom. The van der Waals surface area contributed by atoms with E-state index in [9.17, 15) is 4.79 Å². The molecule has 0 radical (unpaired) electrons. The van der Waals surface area contributed by atoms with Gasteiger partial charge in [0, 0.05) is 37.7 Å². The Balaban J connectivity index is 1.58. The number of nitrogens with one attached hydrogen (secondary N) is 1. The zero-order chi connectivity index (χ0) is 21.2. The average molecular weight is 425 g/mol. The average Bonchev–Trinajstić information content (AvgIpc) is 3.34. The molecule has 1 amide bonds. The summed E-state index contributed by atoms with van der Waals surface area (Å²) < 4.78 is 21.0. The maximum Gasteiger partial charge on any atom is 0.407 e. The Labute approximate surface area is 180 Å². The summed E-state index contributed by atoms with van der Waals surface area (Å²) in [4.78, 5) is 11.8. The molecule has 4 heterocycles. The van der Waals surface area contributed by atoms with Gasteiger partial charge in [-0.1, -0.05) is 0 Å². The predicted octanol–water partition coefficient (Wildman–Crippen LogP) is 3.19. The van der Waals surface area contributed by atoms with E-state index in [1.54, 1.807) is 0 Å². The fourth-order valence-corrected chi connectivity index (χ4v) is 4.14. The first-order chi connectivity index (χ1) is 15.2. The summed E-state index contributed by atoms with van der Waals surface area (Å²) in [5, 5.41) is 13.4. The van der Waals surface area contributed by atoms with E-state index in [0.29, 0.717) is 26.0 Å². The maximum absolute atomic E-state index is 11.8. The molecule has 1 aromatic carbocycles. The normalized spacial score (nSPS) is 20.3. The van der Waals surface area contributed by atoms with Crippen LogP contribution in [0.4, 0.5) is 4.79 Å². The van der Waals surface area contributed by atoms with Crippen LogP contribution in [0.15, 0.2) is 24.3 Å². The highest BCUT2D eigenvalue weighted by atomic mass is 16.5. The molecule has 164 valence electrons. The Bertz CT molecular complexity index is 1080. The van der Waals surface area contributed by atoms with Crippen molar-refractivity contribution >= 4 is 17.0 Å². The van der Waals surface area contributed by atoms with E-state index in [1.165, 1.54) is 0 Å². The summed E-state index contributed by atoms with van der Waals surface area (Å²) in [6, 6.07) is 8.04. The molecule has 2 aliphatic rings. The third kappa shape index (κ3) is 4.10. The predicted molar refractivity (Wildman–Crippen MR) is 114 cm³/mol. The van der Waals surface area contributed by atoms with E-state index in [1.807, 2.05) is 40.7 Å². The molecule has 1 atom stereocenters. The highest BCUT2D eigenvalue weighted by Gasteiger charge is 2.23. The SMILES string of the molecule is Cn1nc2cc1CCOC(=O)NCCCOc1ccc3c(c1)c-2nn3C1CCCCO1. The number of hydrogen-bond acceptors (Lipinski definition) is 6. The molecule has 0 spiro atoms. The molecule has 9 nitrogen and oxygen atoms in total. The van der Waals surface area contributed by atoms with Gasteiger partial charge >= 0.3 is 6.09 Å². The van der Waals surface area contributed by atoms with Gasteiger partial charge in [-0.05, 0) is 49.9 Å². The lowest BCUT2D eigenvalue weighted by atomic mass is 10.1. The van der Waals surface area contributed by atoms with Gasteiger partial charge in [-0.2, -0.15) is 10.2 Å². The first-order valence-electron chi connectivity index (χ1n) is 10.9. The van der Waals surface area contributed by atoms with E-state index < -0.39 is 6.09 Å². The highest BCUT2D eigenvalue weighted by Crippen LogP contribution is 2.34. The Morgan fingerprint density at radius 1 is 1.06 bits per heavy atom. The number of fused-ring (bicyclic) bond motifs is 4. The van der Waals surface area contributed by atoms with Crippen LogP contribution in [-0.2, 0) is 22.9 Å². The lowest BCUT2D eigenvalue weighted by molar-refractivity contribution is -0.0365. The molecule has 5 rings (SSSR count). The molecule has 0 aliphatic carbocycles. The molecule has 0 saturated carbocycles. The number of amides is 1. The molecule has 31 heavy (non-hydrogen) atoms. The van der Waals surface area contributed by atoms with Crippen molar-refractivity contribution in [3.8, 4) is 17.1 Å². The van der Waals surface area contributed by atoms with Gasteiger partial charge in [0.05, 0.1) is 18.7 Å². The topological polar surface area (TPSA) is 92.4 Å². The summed E-state index contributed by atoms with van der Waals surface area (Å²) in [6.45, 7) is 2.04. The molecule has 1 fully saturated rings. The van der Waals surface area contributed by atoms with Crippen molar-refractivity contribution in [1.29, 1.82) is 0 Å². The third-order valence-electron chi connectivity index (χ3n) is 5.78. The number of nitrogens with zero attached hydrogens (tertiary/aromatic N) is 4. The van der Waals surface area contributed by atoms with Gasteiger partial charge < -0.3 is 19.5 Å². The van der Waals surface area contributed by atoms with E-state index in [4.69, 9.17) is 24.4 Å². The van der Waals surface area contributed by atoms with Crippen molar-refractivity contribution in [3.05, 3.63) is 30.0 Å². The number of carbonyl (C=O) groups excluding carboxylic acids is 1. The minimum atomic E-state index is -0.413. The number of ether oxygens (including phenoxy) is 3. The lowest BCUT2D eigenvalue weighted by Crippen LogP contribution is -2.27. The molecule has 2 aromatic heterocycles. The van der Waals surface area contributed by atoms with Crippen LogP contribution in [0.25, 0.3) is 22.3 Å². The number of carbonyl (C=O) groups is 1. The minimum Gasteiger partial charge on any atom is -0.494 e. The zero-order valence-corrected chi connectivity index (χ0v) is 17.7. The van der Waals surface area contributed by atoms with E-state index >= 15 is 0 Å². The van der Waals surface area contributed by atoms with Crippen LogP contribution in [0.3, 0.4) is 0 Å². The van der Waals surface area contributed by atoms with Crippen LogP contribution in [0.5, 0.6) is 5.75 Å². The number of cyclic esters (lactones) is 1. The van der Waals surface area contributed by atoms with Crippen LogP contribution in [0.2, 0.25) is 0 Å². The van der Waals surface area contributed by atoms with Crippen molar-refractivity contribution < 1.29 is 19.0 Å². The van der Waals surface area contributed by atoms with Gasteiger partial charge in [0.15, 0.2) is 6.23 Å². The largest absolute Gasteiger partial charge is 0.494 e. The molecule has 1 N–H and O–H groups in total. The van der Waals surface area contributed by atoms with Crippen molar-refractivity contribution in [2.45, 2.75) is 38.3 Å².